The van der Waals surface area contributed by atoms with Gasteiger partial charge in [0.1, 0.15) is 18.0 Å². The van der Waals surface area contributed by atoms with Crippen LogP contribution in [-0.2, 0) is 11.3 Å². The van der Waals surface area contributed by atoms with Crippen molar-refractivity contribution in [2.45, 2.75) is 13.5 Å². The molecule has 0 saturated heterocycles. The van der Waals surface area contributed by atoms with Crippen LogP contribution in [0.3, 0.4) is 0 Å². The third-order valence-corrected chi connectivity index (χ3v) is 2.90. The van der Waals surface area contributed by atoms with Crippen molar-refractivity contribution in [2.24, 2.45) is 0 Å². The molecule has 0 bridgehead atoms. The minimum atomic E-state index is -0.810. The van der Waals surface area contributed by atoms with Crippen molar-refractivity contribution in [2.75, 3.05) is 0 Å². The molecule has 0 atom stereocenters. The van der Waals surface area contributed by atoms with E-state index in [2.05, 4.69) is 0 Å². The molecule has 0 aromatic heterocycles. The number of benzene rings is 2. The van der Waals surface area contributed by atoms with Crippen LogP contribution in [0.15, 0.2) is 42.5 Å². The second kappa shape index (κ2) is 6.13. The molecule has 0 aliphatic heterocycles. The van der Waals surface area contributed by atoms with Gasteiger partial charge in [0.25, 0.3) is 5.69 Å². The molecule has 0 unspecified atom stereocenters. The molecule has 0 aliphatic rings. The molecular weight excluding hydrogens is 277 g/mol. The van der Waals surface area contributed by atoms with Gasteiger partial charge in [-0.2, -0.15) is 0 Å². The van der Waals surface area contributed by atoms with Crippen molar-refractivity contribution >= 4 is 11.7 Å². The predicted octanol–water partition coefficient (Wildman–Crippen LogP) is 3.40. The number of esters is 1. The lowest BCUT2D eigenvalue weighted by molar-refractivity contribution is -0.385. The molecule has 0 saturated carbocycles. The van der Waals surface area contributed by atoms with Crippen LogP contribution >= 0.6 is 0 Å². The number of nitro benzene ring substituents is 1. The van der Waals surface area contributed by atoms with Crippen LogP contribution in [-0.4, -0.2) is 10.9 Å². The Morgan fingerprint density at radius 2 is 2.00 bits per heavy atom. The second-order valence-electron chi connectivity index (χ2n) is 4.43. The van der Waals surface area contributed by atoms with Gasteiger partial charge in [0.2, 0.25) is 0 Å². The molecule has 2 aromatic carbocycles. The third kappa shape index (κ3) is 3.42. The summed E-state index contributed by atoms with van der Waals surface area (Å²) in [6.45, 7) is 1.39. The zero-order chi connectivity index (χ0) is 15.4. The maximum absolute atomic E-state index is 13.0. The van der Waals surface area contributed by atoms with Crippen LogP contribution in [0.2, 0.25) is 0 Å². The average molecular weight is 289 g/mol. The third-order valence-electron chi connectivity index (χ3n) is 2.90. The molecule has 0 fully saturated rings. The number of rotatable bonds is 4. The first-order valence-corrected chi connectivity index (χ1v) is 6.14. The minimum absolute atomic E-state index is 0.114. The number of para-hydroxylation sites is 1. The van der Waals surface area contributed by atoms with Crippen molar-refractivity contribution in [1.82, 2.24) is 0 Å². The second-order valence-corrected chi connectivity index (χ2v) is 4.43. The lowest BCUT2D eigenvalue weighted by atomic mass is 10.1. The van der Waals surface area contributed by atoms with Crippen LogP contribution < -0.4 is 0 Å². The van der Waals surface area contributed by atoms with Gasteiger partial charge < -0.3 is 4.74 Å². The zero-order valence-corrected chi connectivity index (χ0v) is 11.2. The summed E-state index contributed by atoms with van der Waals surface area (Å²) >= 11 is 0. The number of aryl methyl sites for hydroxylation is 1. The Morgan fingerprint density at radius 3 is 2.67 bits per heavy atom. The van der Waals surface area contributed by atoms with Crippen LogP contribution in [0.1, 0.15) is 21.5 Å². The summed E-state index contributed by atoms with van der Waals surface area (Å²) in [5.74, 6) is -1.25. The standard InChI is InChI=1S/C15H12FNO4/c1-10-4-2-7-13(14(10)17(19)20)15(18)21-9-11-5-3-6-12(16)8-11/h2-8H,9H2,1H3. The fraction of sp³-hybridized carbons (Fsp3) is 0.133. The number of halogens is 1. The van der Waals surface area contributed by atoms with E-state index in [1.807, 2.05) is 0 Å². The Kier molecular flexibility index (Phi) is 4.27. The SMILES string of the molecule is Cc1cccc(C(=O)OCc2cccc(F)c2)c1[N+](=O)[O-]. The first kappa shape index (κ1) is 14.6. The fourth-order valence-electron chi connectivity index (χ4n) is 1.92. The molecule has 0 radical (unpaired) electrons. The number of nitrogens with zero attached hydrogens (tertiary/aromatic N) is 1. The quantitative estimate of drug-likeness (QED) is 0.491. The van der Waals surface area contributed by atoms with E-state index >= 15 is 0 Å². The summed E-state index contributed by atoms with van der Waals surface area (Å²) in [5, 5.41) is 11.0. The smallest absolute Gasteiger partial charge is 0.345 e. The number of carbonyl (C=O) groups is 1. The summed E-state index contributed by atoms with van der Waals surface area (Å²) in [6, 6.07) is 10.0. The van der Waals surface area contributed by atoms with Crippen molar-refractivity contribution in [3.63, 3.8) is 0 Å². The van der Waals surface area contributed by atoms with Crippen LogP contribution in [0, 0.1) is 22.9 Å². The summed E-state index contributed by atoms with van der Waals surface area (Å²) in [7, 11) is 0. The van der Waals surface area contributed by atoms with Crippen LogP contribution in [0.4, 0.5) is 10.1 Å². The van der Waals surface area contributed by atoms with Gasteiger partial charge in [-0.3, -0.25) is 10.1 Å². The van der Waals surface area contributed by atoms with Crippen LogP contribution in [0.5, 0.6) is 0 Å². The van der Waals surface area contributed by atoms with Crippen molar-refractivity contribution < 1.29 is 18.8 Å². The van der Waals surface area contributed by atoms with E-state index in [9.17, 15) is 19.3 Å². The molecule has 6 heteroatoms. The average Bonchev–Trinajstić information content (AvgIpc) is 2.44. The Balaban J connectivity index is 2.18. The highest BCUT2D eigenvalue weighted by molar-refractivity contribution is 5.94. The molecule has 5 nitrogen and oxygen atoms in total. The number of hydrogen-bond acceptors (Lipinski definition) is 4. The highest BCUT2D eigenvalue weighted by Crippen LogP contribution is 2.24. The van der Waals surface area contributed by atoms with E-state index in [1.54, 1.807) is 25.1 Å². The fourth-order valence-corrected chi connectivity index (χ4v) is 1.92. The van der Waals surface area contributed by atoms with E-state index in [0.717, 1.165) is 0 Å². The van der Waals surface area contributed by atoms with E-state index in [0.29, 0.717) is 11.1 Å². The summed E-state index contributed by atoms with van der Waals surface area (Å²) in [5.41, 5.74) is 0.456. The molecule has 2 aromatic rings. The molecule has 0 heterocycles. The first-order chi connectivity index (χ1) is 9.99. The van der Waals surface area contributed by atoms with E-state index in [4.69, 9.17) is 4.74 Å². The number of ether oxygens (including phenoxy) is 1. The van der Waals surface area contributed by atoms with Gasteiger partial charge in [-0.15, -0.1) is 0 Å². The van der Waals surface area contributed by atoms with E-state index in [1.165, 1.54) is 24.3 Å². The van der Waals surface area contributed by atoms with Crippen molar-refractivity contribution in [3.8, 4) is 0 Å². The van der Waals surface area contributed by atoms with Gasteiger partial charge in [0.05, 0.1) is 4.92 Å². The predicted molar refractivity (Wildman–Crippen MR) is 73.4 cm³/mol. The van der Waals surface area contributed by atoms with Gasteiger partial charge in [0.15, 0.2) is 0 Å². The van der Waals surface area contributed by atoms with Gasteiger partial charge in [-0.25, -0.2) is 9.18 Å². The summed E-state index contributed by atoms with van der Waals surface area (Å²) in [6.07, 6.45) is 0. The Hall–Kier alpha value is -2.76. The van der Waals surface area contributed by atoms with Crippen molar-refractivity contribution in [1.29, 1.82) is 0 Å². The molecule has 2 rings (SSSR count). The monoisotopic (exact) mass is 289 g/mol. The first-order valence-electron chi connectivity index (χ1n) is 6.14. The lowest BCUT2D eigenvalue weighted by Crippen LogP contribution is -2.09. The van der Waals surface area contributed by atoms with Gasteiger partial charge in [0, 0.05) is 5.56 Å². The van der Waals surface area contributed by atoms with Gasteiger partial charge >= 0.3 is 5.97 Å². The molecule has 21 heavy (non-hydrogen) atoms. The normalized spacial score (nSPS) is 10.2. The Labute approximate surface area is 120 Å². The maximum atomic E-state index is 13.0. The van der Waals surface area contributed by atoms with Gasteiger partial charge in [-0.05, 0) is 30.7 Å². The molecular formula is C15H12FNO4. The summed E-state index contributed by atoms with van der Waals surface area (Å²) < 4.78 is 18.0. The topological polar surface area (TPSA) is 69.4 Å². The Morgan fingerprint density at radius 1 is 1.29 bits per heavy atom. The van der Waals surface area contributed by atoms with E-state index in [-0.39, 0.29) is 17.9 Å². The Bertz CT molecular complexity index is 700. The van der Waals surface area contributed by atoms with E-state index < -0.39 is 16.7 Å². The maximum Gasteiger partial charge on any atom is 0.345 e. The molecule has 0 N–H and O–H groups in total. The number of hydrogen-bond donors (Lipinski definition) is 0. The van der Waals surface area contributed by atoms with Crippen LogP contribution in [0.25, 0.3) is 0 Å². The molecule has 0 spiro atoms. The van der Waals surface area contributed by atoms with Crippen molar-refractivity contribution in [3.05, 3.63) is 75.1 Å². The highest BCUT2D eigenvalue weighted by atomic mass is 19.1. The molecule has 0 amide bonds. The minimum Gasteiger partial charge on any atom is -0.457 e. The zero-order valence-electron chi connectivity index (χ0n) is 11.2. The van der Waals surface area contributed by atoms with Gasteiger partial charge in [-0.1, -0.05) is 24.3 Å². The largest absolute Gasteiger partial charge is 0.457 e. The highest BCUT2D eigenvalue weighted by Gasteiger charge is 2.23. The molecule has 0 aliphatic carbocycles. The number of carbonyl (C=O) groups excluding carboxylic acids is 1. The summed E-state index contributed by atoms with van der Waals surface area (Å²) in [4.78, 5) is 22.4. The lowest BCUT2D eigenvalue weighted by Gasteiger charge is -2.07. The molecule has 108 valence electrons. The number of nitro groups is 1.